The van der Waals surface area contributed by atoms with E-state index in [1.165, 1.54) is 6.07 Å². The van der Waals surface area contributed by atoms with Gasteiger partial charge in [0.2, 0.25) is 0 Å². The lowest BCUT2D eigenvalue weighted by molar-refractivity contribution is 0.523. The van der Waals surface area contributed by atoms with Crippen LogP contribution >= 0.6 is 11.6 Å². The third-order valence-corrected chi connectivity index (χ3v) is 3.27. The molecule has 0 amide bonds. The maximum absolute atomic E-state index is 13.4. The van der Waals surface area contributed by atoms with E-state index in [9.17, 15) is 4.39 Å². The highest BCUT2D eigenvalue weighted by atomic mass is 35.5. The third-order valence-electron chi connectivity index (χ3n) is 2.85. The van der Waals surface area contributed by atoms with E-state index < -0.39 is 0 Å². The van der Waals surface area contributed by atoms with E-state index in [2.05, 4.69) is 5.32 Å². The number of rotatable bonds is 5. The van der Waals surface area contributed by atoms with Crippen LogP contribution in [-0.2, 0) is 6.42 Å². The summed E-state index contributed by atoms with van der Waals surface area (Å²) in [6.07, 6.45) is 3.96. The molecule has 2 rings (SSSR count). The van der Waals surface area contributed by atoms with Crippen molar-refractivity contribution in [3.05, 3.63) is 58.8 Å². The van der Waals surface area contributed by atoms with E-state index in [0.717, 1.165) is 17.7 Å². The highest BCUT2D eigenvalue weighted by molar-refractivity contribution is 6.31. The molecule has 1 heterocycles. The monoisotopic (exact) mass is 267 g/mol. The van der Waals surface area contributed by atoms with E-state index in [0.29, 0.717) is 6.42 Å². The lowest BCUT2D eigenvalue weighted by Gasteiger charge is -2.17. The summed E-state index contributed by atoms with van der Waals surface area (Å²) in [4.78, 5) is 0. The second kappa shape index (κ2) is 6.03. The molecule has 1 atom stereocenters. The summed E-state index contributed by atoms with van der Waals surface area (Å²) >= 11 is 5.97. The molecule has 0 spiro atoms. The predicted octanol–water partition coefficient (Wildman–Crippen LogP) is 3.97. The number of likely N-dealkylation sites (N-methyl/N-ethyl adjacent to an activating group) is 1. The van der Waals surface area contributed by atoms with Gasteiger partial charge in [-0.3, -0.25) is 0 Å². The van der Waals surface area contributed by atoms with Gasteiger partial charge in [0.05, 0.1) is 17.5 Å². The summed E-state index contributed by atoms with van der Waals surface area (Å²) in [6, 6.07) is 6.87. The fraction of sp³-hybridized carbons (Fsp3) is 0.286. The first-order valence-electron chi connectivity index (χ1n) is 5.90. The minimum absolute atomic E-state index is 0.0769. The van der Waals surface area contributed by atoms with E-state index in [1.54, 1.807) is 18.6 Å². The molecular weight excluding hydrogens is 253 g/mol. The van der Waals surface area contributed by atoms with Crippen LogP contribution in [0.2, 0.25) is 5.02 Å². The lowest BCUT2D eigenvalue weighted by Crippen LogP contribution is -2.22. The normalized spacial score (nSPS) is 12.6. The van der Waals surface area contributed by atoms with E-state index in [-0.39, 0.29) is 16.9 Å². The van der Waals surface area contributed by atoms with Gasteiger partial charge in [0.15, 0.2) is 0 Å². The zero-order chi connectivity index (χ0) is 13.0. The second-order valence-electron chi connectivity index (χ2n) is 4.08. The Kier molecular flexibility index (Phi) is 4.39. The summed E-state index contributed by atoms with van der Waals surface area (Å²) < 4.78 is 18.5. The van der Waals surface area contributed by atoms with Crippen molar-refractivity contribution in [3.63, 3.8) is 0 Å². The number of benzene rings is 1. The zero-order valence-electron chi connectivity index (χ0n) is 10.1. The number of furan rings is 1. The summed E-state index contributed by atoms with van der Waals surface area (Å²) in [5, 5.41) is 3.54. The van der Waals surface area contributed by atoms with Crippen LogP contribution in [0.25, 0.3) is 0 Å². The molecule has 2 aromatic rings. The highest BCUT2D eigenvalue weighted by Gasteiger charge is 2.15. The molecule has 1 N–H and O–H groups in total. The van der Waals surface area contributed by atoms with Crippen molar-refractivity contribution in [2.24, 2.45) is 0 Å². The summed E-state index contributed by atoms with van der Waals surface area (Å²) in [5.74, 6) is -0.378. The molecule has 0 aliphatic heterocycles. The van der Waals surface area contributed by atoms with Crippen molar-refractivity contribution in [1.82, 2.24) is 5.32 Å². The Balaban J connectivity index is 2.21. The molecule has 0 saturated carbocycles. The maximum Gasteiger partial charge on any atom is 0.142 e. The largest absolute Gasteiger partial charge is 0.472 e. The molecule has 1 aromatic carbocycles. The molecule has 4 heteroatoms. The van der Waals surface area contributed by atoms with Gasteiger partial charge in [-0.25, -0.2) is 4.39 Å². The van der Waals surface area contributed by atoms with Crippen LogP contribution in [-0.4, -0.2) is 6.54 Å². The lowest BCUT2D eigenvalue weighted by atomic mass is 10.0. The van der Waals surface area contributed by atoms with E-state index in [4.69, 9.17) is 16.0 Å². The van der Waals surface area contributed by atoms with Crippen molar-refractivity contribution in [2.75, 3.05) is 6.54 Å². The Labute approximate surface area is 111 Å². The van der Waals surface area contributed by atoms with Crippen molar-refractivity contribution < 1.29 is 8.81 Å². The Hall–Kier alpha value is -1.32. The molecule has 18 heavy (non-hydrogen) atoms. The molecular formula is C14H15ClFNO. The number of hydrogen-bond donors (Lipinski definition) is 1. The smallest absolute Gasteiger partial charge is 0.142 e. The molecule has 0 bridgehead atoms. The standard InChI is InChI=1S/C14H15ClFNO/c1-2-17-13(11-6-7-18-9-11)8-10-4-3-5-12(16)14(10)15/h3-7,9,13,17H,2,8H2,1H3. The molecule has 0 aliphatic rings. The summed E-state index contributed by atoms with van der Waals surface area (Å²) in [7, 11) is 0. The fourth-order valence-electron chi connectivity index (χ4n) is 1.95. The fourth-order valence-corrected chi connectivity index (χ4v) is 2.16. The number of hydrogen-bond acceptors (Lipinski definition) is 2. The van der Waals surface area contributed by atoms with Crippen LogP contribution < -0.4 is 5.32 Å². The second-order valence-corrected chi connectivity index (χ2v) is 4.46. The molecule has 0 aliphatic carbocycles. The van der Waals surface area contributed by atoms with Gasteiger partial charge >= 0.3 is 0 Å². The van der Waals surface area contributed by atoms with Crippen molar-refractivity contribution >= 4 is 11.6 Å². The maximum atomic E-state index is 13.4. The Morgan fingerprint density at radius 3 is 2.89 bits per heavy atom. The van der Waals surface area contributed by atoms with Crippen LogP contribution in [0.5, 0.6) is 0 Å². The Morgan fingerprint density at radius 2 is 2.22 bits per heavy atom. The van der Waals surface area contributed by atoms with Gasteiger partial charge in [0, 0.05) is 11.6 Å². The van der Waals surface area contributed by atoms with Gasteiger partial charge in [-0.2, -0.15) is 0 Å². The molecule has 1 aromatic heterocycles. The highest BCUT2D eigenvalue weighted by Crippen LogP contribution is 2.25. The Bertz CT molecular complexity index is 499. The van der Waals surface area contributed by atoms with E-state index >= 15 is 0 Å². The van der Waals surface area contributed by atoms with Gasteiger partial charge in [-0.15, -0.1) is 0 Å². The SMILES string of the molecule is CCNC(Cc1cccc(F)c1Cl)c1ccoc1. The van der Waals surface area contributed by atoms with Crippen LogP contribution in [0, 0.1) is 5.82 Å². The summed E-state index contributed by atoms with van der Waals surface area (Å²) in [5.41, 5.74) is 1.83. The van der Waals surface area contributed by atoms with Gasteiger partial charge < -0.3 is 9.73 Å². The van der Waals surface area contributed by atoms with E-state index in [1.807, 2.05) is 19.1 Å². The molecule has 96 valence electrons. The molecule has 0 fully saturated rings. The quantitative estimate of drug-likeness (QED) is 0.887. The minimum atomic E-state index is -0.378. The molecule has 1 unspecified atom stereocenters. The first-order valence-corrected chi connectivity index (χ1v) is 6.28. The topological polar surface area (TPSA) is 25.2 Å². The predicted molar refractivity (Wildman–Crippen MR) is 70.2 cm³/mol. The van der Waals surface area contributed by atoms with Crippen molar-refractivity contribution in [3.8, 4) is 0 Å². The van der Waals surface area contributed by atoms with Gasteiger partial charge in [0.1, 0.15) is 5.82 Å². The van der Waals surface area contributed by atoms with Crippen molar-refractivity contribution in [2.45, 2.75) is 19.4 Å². The zero-order valence-corrected chi connectivity index (χ0v) is 10.9. The first kappa shape index (κ1) is 13.1. The van der Waals surface area contributed by atoms with Crippen LogP contribution in [0.4, 0.5) is 4.39 Å². The first-order chi connectivity index (χ1) is 8.72. The van der Waals surface area contributed by atoms with Crippen LogP contribution in [0.15, 0.2) is 41.2 Å². The van der Waals surface area contributed by atoms with Gasteiger partial charge in [0.25, 0.3) is 0 Å². The van der Waals surface area contributed by atoms with Crippen molar-refractivity contribution in [1.29, 1.82) is 0 Å². The number of halogens is 2. The Morgan fingerprint density at radius 1 is 1.39 bits per heavy atom. The summed E-state index contributed by atoms with van der Waals surface area (Å²) in [6.45, 7) is 2.85. The molecule has 0 radical (unpaired) electrons. The average Bonchev–Trinajstić information content (AvgIpc) is 2.88. The minimum Gasteiger partial charge on any atom is -0.472 e. The van der Waals surface area contributed by atoms with Gasteiger partial charge in [-0.05, 0) is 30.7 Å². The average molecular weight is 268 g/mol. The molecule has 2 nitrogen and oxygen atoms in total. The van der Waals surface area contributed by atoms with Crippen LogP contribution in [0.3, 0.4) is 0 Å². The third kappa shape index (κ3) is 2.92. The van der Waals surface area contributed by atoms with Gasteiger partial charge in [-0.1, -0.05) is 30.7 Å². The molecule has 0 saturated heterocycles. The number of nitrogens with one attached hydrogen (secondary N) is 1. The van der Waals surface area contributed by atoms with Crippen LogP contribution in [0.1, 0.15) is 24.1 Å².